The molecule has 0 bridgehead atoms. The van der Waals surface area contributed by atoms with E-state index < -0.39 is 5.97 Å². The molecule has 3 rings (SSSR count). The third-order valence-corrected chi connectivity index (χ3v) is 3.33. The third kappa shape index (κ3) is 2.69. The van der Waals surface area contributed by atoms with Crippen LogP contribution in [0.2, 0.25) is 0 Å². The topological polar surface area (TPSA) is 62.2 Å². The van der Waals surface area contributed by atoms with Gasteiger partial charge in [0.05, 0.1) is 11.1 Å². The lowest BCUT2D eigenvalue weighted by Gasteiger charge is -2.09. The summed E-state index contributed by atoms with van der Waals surface area (Å²) in [6.07, 6.45) is 0. The van der Waals surface area contributed by atoms with Gasteiger partial charge in [-0.05, 0) is 48.9 Å². The van der Waals surface area contributed by atoms with Crippen molar-refractivity contribution in [3.8, 4) is 0 Å². The molecular formula is C17H14N2O2. The molecule has 2 aromatic carbocycles. The molecule has 2 N–H and O–H groups in total. The number of hydrogen-bond acceptors (Lipinski definition) is 3. The Morgan fingerprint density at radius 2 is 1.81 bits per heavy atom. The molecule has 0 aliphatic rings. The maximum absolute atomic E-state index is 10.8. The fourth-order valence-corrected chi connectivity index (χ4v) is 2.26. The Kier molecular flexibility index (Phi) is 3.28. The molecule has 0 atom stereocenters. The molecule has 1 aromatic heterocycles. The maximum Gasteiger partial charge on any atom is 0.335 e. The molecule has 0 fully saturated rings. The molecule has 0 aliphatic heterocycles. The fourth-order valence-electron chi connectivity index (χ4n) is 2.26. The summed E-state index contributed by atoms with van der Waals surface area (Å²) in [7, 11) is 0. The first-order valence-electron chi connectivity index (χ1n) is 6.60. The van der Waals surface area contributed by atoms with E-state index in [9.17, 15) is 4.79 Å². The van der Waals surface area contributed by atoms with Crippen LogP contribution in [-0.2, 0) is 0 Å². The van der Waals surface area contributed by atoms with Gasteiger partial charge in [-0.25, -0.2) is 9.78 Å². The van der Waals surface area contributed by atoms with E-state index in [0.717, 1.165) is 28.0 Å². The molecule has 3 aromatic rings. The predicted octanol–water partition coefficient (Wildman–Crippen LogP) is 3.99. The number of nitrogens with zero attached hydrogens (tertiary/aromatic N) is 1. The van der Waals surface area contributed by atoms with Crippen LogP contribution in [0.5, 0.6) is 0 Å². The summed E-state index contributed by atoms with van der Waals surface area (Å²) in [5.74, 6) is -0.185. The maximum atomic E-state index is 10.8. The molecular weight excluding hydrogens is 264 g/mol. The number of carboxylic acids is 1. The van der Waals surface area contributed by atoms with E-state index >= 15 is 0 Å². The first kappa shape index (κ1) is 13.1. The number of nitrogens with one attached hydrogen (secondary N) is 1. The number of aryl methyl sites for hydroxylation is 1. The van der Waals surface area contributed by atoms with Gasteiger partial charge in [-0.15, -0.1) is 0 Å². The molecule has 21 heavy (non-hydrogen) atoms. The van der Waals surface area contributed by atoms with E-state index in [2.05, 4.69) is 10.3 Å². The van der Waals surface area contributed by atoms with Gasteiger partial charge in [-0.1, -0.05) is 18.2 Å². The van der Waals surface area contributed by atoms with E-state index in [4.69, 9.17) is 5.11 Å². The number of anilines is 2. The summed E-state index contributed by atoms with van der Waals surface area (Å²) in [5, 5.41) is 13.2. The summed E-state index contributed by atoms with van der Waals surface area (Å²) in [5.41, 5.74) is 3.15. The molecule has 0 radical (unpaired) electrons. The Morgan fingerprint density at radius 3 is 2.52 bits per heavy atom. The highest BCUT2D eigenvalue weighted by Crippen LogP contribution is 2.22. The Morgan fingerprint density at radius 1 is 1.10 bits per heavy atom. The van der Waals surface area contributed by atoms with Crippen LogP contribution in [-0.4, -0.2) is 16.1 Å². The highest BCUT2D eigenvalue weighted by molar-refractivity contribution is 5.88. The smallest absolute Gasteiger partial charge is 0.335 e. The monoisotopic (exact) mass is 278 g/mol. The summed E-state index contributed by atoms with van der Waals surface area (Å²) < 4.78 is 0. The Balaban J connectivity index is 1.92. The van der Waals surface area contributed by atoms with Gasteiger partial charge >= 0.3 is 5.97 Å². The van der Waals surface area contributed by atoms with Gasteiger partial charge in [0.25, 0.3) is 0 Å². The molecule has 0 saturated heterocycles. The molecule has 0 saturated carbocycles. The van der Waals surface area contributed by atoms with Crippen LogP contribution in [0.15, 0.2) is 54.6 Å². The minimum absolute atomic E-state index is 0.267. The molecule has 0 aliphatic carbocycles. The lowest BCUT2D eigenvalue weighted by molar-refractivity contribution is 0.0697. The second-order valence-corrected chi connectivity index (χ2v) is 4.85. The summed E-state index contributed by atoms with van der Waals surface area (Å²) >= 11 is 0. The first-order chi connectivity index (χ1) is 10.1. The summed E-state index contributed by atoms with van der Waals surface area (Å²) in [6.45, 7) is 2.04. The molecule has 0 amide bonds. The number of aromatic nitrogens is 1. The Hall–Kier alpha value is -2.88. The lowest BCUT2D eigenvalue weighted by Crippen LogP contribution is -1.98. The minimum atomic E-state index is -0.929. The fraction of sp³-hybridized carbons (Fsp3) is 0.0588. The average Bonchev–Trinajstić information content (AvgIpc) is 2.48. The van der Waals surface area contributed by atoms with Gasteiger partial charge < -0.3 is 10.4 Å². The zero-order valence-electron chi connectivity index (χ0n) is 11.5. The van der Waals surface area contributed by atoms with Crippen LogP contribution >= 0.6 is 0 Å². The lowest BCUT2D eigenvalue weighted by atomic mass is 10.1. The molecule has 4 heteroatoms. The number of fused-ring (bicyclic) bond motifs is 1. The largest absolute Gasteiger partial charge is 0.478 e. The van der Waals surface area contributed by atoms with Crippen molar-refractivity contribution in [1.82, 2.24) is 4.98 Å². The Bertz CT molecular complexity index is 811. The van der Waals surface area contributed by atoms with Crippen molar-refractivity contribution < 1.29 is 9.90 Å². The SMILES string of the molecule is Cc1cc(Nc2ccc(C(=O)O)cc2)nc2ccccc12. The molecule has 4 nitrogen and oxygen atoms in total. The molecule has 0 unspecified atom stereocenters. The van der Waals surface area contributed by atoms with Crippen molar-refractivity contribution in [2.45, 2.75) is 6.92 Å². The van der Waals surface area contributed by atoms with Crippen molar-refractivity contribution >= 4 is 28.4 Å². The Labute approximate surface area is 122 Å². The molecule has 104 valence electrons. The van der Waals surface area contributed by atoms with Crippen molar-refractivity contribution in [1.29, 1.82) is 0 Å². The second kappa shape index (κ2) is 5.25. The number of carboxylic acid groups (broad SMARTS) is 1. The van der Waals surface area contributed by atoms with Crippen LogP contribution in [0, 0.1) is 6.92 Å². The standard InChI is InChI=1S/C17H14N2O2/c1-11-10-16(19-15-5-3-2-4-14(11)15)18-13-8-6-12(7-9-13)17(20)21/h2-10H,1H3,(H,18,19)(H,20,21). The van der Waals surface area contributed by atoms with Gasteiger partial charge in [0.2, 0.25) is 0 Å². The van der Waals surface area contributed by atoms with Crippen LogP contribution in [0.3, 0.4) is 0 Å². The number of para-hydroxylation sites is 1. The number of carbonyl (C=O) groups is 1. The summed E-state index contributed by atoms with van der Waals surface area (Å²) in [6, 6.07) is 16.6. The normalized spacial score (nSPS) is 10.5. The van der Waals surface area contributed by atoms with Crippen LogP contribution in [0.4, 0.5) is 11.5 Å². The van der Waals surface area contributed by atoms with Crippen LogP contribution in [0.1, 0.15) is 15.9 Å². The quantitative estimate of drug-likeness (QED) is 0.760. The second-order valence-electron chi connectivity index (χ2n) is 4.85. The minimum Gasteiger partial charge on any atom is -0.478 e. The molecule has 1 heterocycles. The van der Waals surface area contributed by atoms with E-state index in [1.165, 1.54) is 0 Å². The van der Waals surface area contributed by atoms with Crippen molar-refractivity contribution in [3.05, 3.63) is 65.7 Å². The van der Waals surface area contributed by atoms with Crippen molar-refractivity contribution in [2.75, 3.05) is 5.32 Å². The van der Waals surface area contributed by atoms with E-state index in [1.54, 1.807) is 24.3 Å². The zero-order valence-corrected chi connectivity index (χ0v) is 11.5. The third-order valence-electron chi connectivity index (χ3n) is 3.33. The van der Waals surface area contributed by atoms with E-state index in [-0.39, 0.29) is 5.56 Å². The van der Waals surface area contributed by atoms with Gasteiger partial charge in [0.15, 0.2) is 0 Å². The highest BCUT2D eigenvalue weighted by atomic mass is 16.4. The van der Waals surface area contributed by atoms with E-state index in [0.29, 0.717) is 0 Å². The number of hydrogen-bond donors (Lipinski definition) is 2. The van der Waals surface area contributed by atoms with Gasteiger partial charge in [-0.3, -0.25) is 0 Å². The van der Waals surface area contributed by atoms with Crippen molar-refractivity contribution in [2.24, 2.45) is 0 Å². The number of rotatable bonds is 3. The van der Waals surface area contributed by atoms with Crippen molar-refractivity contribution in [3.63, 3.8) is 0 Å². The van der Waals surface area contributed by atoms with Gasteiger partial charge in [-0.2, -0.15) is 0 Å². The number of benzene rings is 2. The predicted molar refractivity (Wildman–Crippen MR) is 83.2 cm³/mol. The number of aromatic carboxylic acids is 1. The average molecular weight is 278 g/mol. The van der Waals surface area contributed by atoms with Gasteiger partial charge in [0.1, 0.15) is 5.82 Å². The summed E-state index contributed by atoms with van der Waals surface area (Å²) in [4.78, 5) is 15.4. The number of pyridine rings is 1. The van der Waals surface area contributed by atoms with Crippen LogP contribution in [0.25, 0.3) is 10.9 Å². The first-order valence-corrected chi connectivity index (χ1v) is 6.60. The molecule has 0 spiro atoms. The van der Waals surface area contributed by atoms with E-state index in [1.807, 2.05) is 37.3 Å². The highest BCUT2D eigenvalue weighted by Gasteiger charge is 2.04. The van der Waals surface area contributed by atoms with Crippen LogP contribution < -0.4 is 5.32 Å². The van der Waals surface area contributed by atoms with Gasteiger partial charge in [0, 0.05) is 11.1 Å². The zero-order chi connectivity index (χ0) is 14.8.